The zero-order valence-electron chi connectivity index (χ0n) is 26.7. The van der Waals surface area contributed by atoms with Crippen molar-refractivity contribution >= 4 is 43.1 Å². The molecule has 4 saturated heterocycles. The van der Waals surface area contributed by atoms with Gasteiger partial charge in [0.05, 0.1) is 52.9 Å². The van der Waals surface area contributed by atoms with Crippen LogP contribution >= 0.6 is 11.3 Å². The molecule has 4 atom stereocenters. The maximum Gasteiger partial charge on any atom is 0.319 e. The molecule has 9 rings (SSSR count). The number of aliphatic hydroxyl groups is 1. The number of rotatable bonds is 7. The molecule has 3 N–H and O–H groups in total. The number of aromatic nitrogens is 3. The van der Waals surface area contributed by atoms with Crippen LogP contribution in [0, 0.1) is 23.0 Å². The minimum atomic E-state index is -0.935. The Kier molecular flexibility index (Phi) is 7.40. The highest BCUT2D eigenvalue weighted by molar-refractivity contribution is 7.23. The molecular formula is C34H35F3N8O3S. The van der Waals surface area contributed by atoms with E-state index in [1.165, 1.54) is 0 Å². The number of likely N-dealkylation sites (tertiary alicyclic amines) is 1. The second-order valence-electron chi connectivity index (χ2n) is 13.9. The summed E-state index contributed by atoms with van der Waals surface area (Å²) in [7, 11) is 0. The summed E-state index contributed by atoms with van der Waals surface area (Å²) in [5.41, 5.74) is 7.18. The second kappa shape index (κ2) is 11.6. The molecule has 3 aromatic heterocycles. The van der Waals surface area contributed by atoms with E-state index in [4.69, 9.17) is 25.2 Å². The summed E-state index contributed by atoms with van der Waals surface area (Å²) in [5.74, 6) is -0.781. The van der Waals surface area contributed by atoms with Crippen molar-refractivity contribution in [2.24, 2.45) is 0 Å². The highest BCUT2D eigenvalue weighted by atomic mass is 32.1. The smallest absolute Gasteiger partial charge is 0.319 e. The Hall–Kier alpha value is -3.81. The number of pyridine rings is 1. The standard InChI is InChI=1S/C34H35F3N8O3S/c35-17-8-34(4-1-5-44(34)11-17)16-48-33-41-29-26(32(42-33)45-18-2-3-19(45)13-43(12-18)6-7-46)22-15-47-14-21(22)24(27(29)37)28-25-20(9-38)31(39)49-30(25)23(36)10-40-28/h10,17-19,46H,1-8,11-16,39H2/t17?,18?,19?,34-/m0/s1. The third-order valence-corrected chi connectivity index (χ3v) is 12.3. The number of alkyl halides is 1. The fourth-order valence-electron chi connectivity index (χ4n) is 9.19. The van der Waals surface area contributed by atoms with Crippen LogP contribution in [0.1, 0.15) is 48.8 Å². The van der Waals surface area contributed by atoms with Gasteiger partial charge >= 0.3 is 6.01 Å². The summed E-state index contributed by atoms with van der Waals surface area (Å²) < 4.78 is 59.5. The quantitative estimate of drug-likeness (QED) is 0.288. The number of nitrogen functional groups attached to an aromatic ring is 1. The van der Waals surface area contributed by atoms with Gasteiger partial charge in [-0.1, -0.05) is 0 Å². The van der Waals surface area contributed by atoms with Crippen molar-refractivity contribution in [1.82, 2.24) is 24.8 Å². The first-order valence-corrected chi connectivity index (χ1v) is 17.6. The van der Waals surface area contributed by atoms with Crippen LogP contribution in [-0.2, 0) is 18.0 Å². The van der Waals surface area contributed by atoms with Gasteiger partial charge in [0.25, 0.3) is 0 Å². The third kappa shape index (κ3) is 4.71. The van der Waals surface area contributed by atoms with E-state index in [0.717, 1.165) is 62.9 Å². The van der Waals surface area contributed by atoms with E-state index in [1.54, 1.807) is 0 Å². The number of benzene rings is 1. The molecule has 1 aromatic carbocycles. The summed E-state index contributed by atoms with van der Waals surface area (Å²) in [4.78, 5) is 20.7. The van der Waals surface area contributed by atoms with Gasteiger partial charge in [-0.2, -0.15) is 15.2 Å². The lowest BCUT2D eigenvalue weighted by atomic mass is 9.93. The number of halogens is 3. The van der Waals surface area contributed by atoms with Crippen LogP contribution in [0.5, 0.6) is 6.01 Å². The van der Waals surface area contributed by atoms with E-state index in [0.29, 0.717) is 41.8 Å². The fraction of sp³-hybridized carbons (Fsp3) is 0.529. The van der Waals surface area contributed by atoms with Gasteiger partial charge in [0, 0.05) is 55.6 Å². The van der Waals surface area contributed by atoms with Gasteiger partial charge in [-0.3, -0.25) is 14.8 Å². The maximum atomic E-state index is 17.4. The normalized spacial score (nSPS) is 26.6. The molecule has 2 bridgehead atoms. The Morgan fingerprint density at radius 2 is 1.94 bits per heavy atom. The van der Waals surface area contributed by atoms with Crippen molar-refractivity contribution < 1.29 is 27.8 Å². The lowest BCUT2D eigenvalue weighted by Crippen LogP contribution is -2.54. The van der Waals surface area contributed by atoms with Gasteiger partial charge in [0.2, 0.25) is 0 Å². The molecule has 256 valence electrons. The summed E-state index contributed by atoms with van der Waals surface area (Å²) in [6.07, 6.45) is 4.03. The second-order valence-corrected chi connectivity index (χ2v) is 15.0. The summed E-state index contributed by atoms with van der Waals surface area (Å²) in [6, 6.07) is 2.21. The lowest BCUT2D eigenvalue weighted by molar-refractivity contribution is 0.107. The summed E-state index contributed by atoms with van der Waals surface area (Å²) in [6.45, 7) is 3.70. The zero-order valence-corrected chi connectivity index (χ0v) is 27.5. The minimum absolute atomic E-state index is 0.00152. The van der Waals surface area contributed by atoms with Crippen molar-refractivity contribution in [1.29, 1.82) is 5.26 Å². The molecule has 11 nitrogen and oxygen atoms in total. The average molecular weight is 693 g/mol. The van der Waals surface area contributed by atoms with E-state index in [1.807, 2.05) is 0 Å². The Morgan fingerprint density at radius 1 is 1.14 bits per heavy atom. The Morgan fingerprint density at radius 3 is 2.71 bits per heavy atom. The Labute approximate surface area is 284 Å². The summed E-state index contributed by atoms with van der Waals surface area (Å²) >= 11 is 0.926. The van der Waals surface area contributed by atoms with Gasteiger partial charge in [0.1, 0.15) is 35.2 Å². The van der Waals surface area contributed by atoms with Crippen molar-refractivity contribution in [2.75, 3.05) is 56.6 Å². The Bertz CT molecular complexity index is 2040. The molecule has 8 heterocycles. The number of fused-ring (bicyclic) bond motifs is 7. The van der Waals surface area contributed by atoms with E-state index < -0.39 is 23.3 Å². The molecule has 0 aliphatic carbocycles. The van der Waals surface area contributed by atoms with E-state index >= 15 is 8.78 Å². The number of anilines is 2. The molecule has 0 amide bonds. The van der Waals surface area contributed by atoms with E-state index in [2.05, 4.69) is 25.8 Å². The number of aliphatic hydroxyl groups excluding tert-OH is 1. The van der Waals surface area contributed by atoms with Crippen LogP contribution in [0.25, 0.3) is 32.2 Å². The number of nitrogens with zero attached hydrogens (tertiary/aromatic N) is 7. The number of nitrogens with two attached hydrogens (primary N) is 1. The number of ether oxygens (including phenoxy) is 2. The predicted molar refractivity (Wildman–Crippen MR) is 177 cm³/mol. The monoisotopic (exact) mass is 692 g/mol. The zero-order chi connectivity index (χ0) is 33.6. The molecule has 0 saturated carbocycles. The first kappa shape index (κ1) is 31.2. The predicted octanol–water partition coefficient (Wildman–Crippen LogP) is 4.27. The van der Waals surface area contributed by atoms with Gasteiger partial charge in [-0.25, -0.2) is 13.2 Å². The van der Waals surface area contributed by atoms with Crippen LogP contribution < -0.4 is 15.4 Å². The number of piperazine rings is 1. The van der Waals surface area contributed by atoms with E-state index in [-0.39, 0.29) is 81.9 Å². The van der Waals surface area contributed by atoms with Crippen molar-refractivity contribution in [3.63, 3.8) is 0 Å². The number of hydrogen-bond donors (Lipinski definition) is 2. The fourth-order valence-corrected chi connectivity index (χ4v) is 10.1. The Balaban J connectivity index is 1.25. The molecule has 3 unspecified atom stereocenters. The highest BCUT2D eigenvalue weighted by Gasteiger charge is 2.50. The van der Waals surface area contributed by atoms with Gasteiger partial charge in [0.15, 0.2) is 11.6 Å². The first-order valence-electron chi connectivity index (χ1n) is 16.8. The van der Waals surface area contributed by atoms with Crippen molar-refractivity contribution in [2.45, 2.75) is 69.1 Å². The molecule has 0 radical (unpaired) electrons. The minimum Gasteiger partial charge on any atom is -0.461 e. The molecule has 5 aliphatic rings. The average Bonchev–Trinajstić information content (AvgIpc) is 3.89. The number of thiophene rings is 1. The van der Waals surface area contributed by atoms with Crippen LogP contribution in [0.4, 0.5) is 24.0 Å². The SMILES string of the molecule is N#Cc1c(N)sc2c(F)cnc(-c3c4c(c5c(N6C7CCC6CN(CCO)C7)nc(OC[C@@]67CCCN6CC(F)C7)nc5c3F)COC4)c12. The van der Waals surface area contributed by atoms with Crippen LogP contribution in [0.15, 0.2) is 6.20 Å². The van der Waals surface area contributed by atoms with Crippen molar-refractivity contribution in [3.8, 4) is 23.3 Å². The first-order chi connectivity index (χ1) is 23.8. The molecule has 15 heteroatoms. The maximum absolute atomic E-state index is 17.4. The number of hydrogen-bond acceptors (Lipinski definition) is 12. The van der Waals surface area contributed by atoms with Gasteiger partial charge < -0.3 is 25.2 Å². The van der Waals surface area contributed by atoms with Crippen LogP contribution in [-0.4, -0.2) is 99.6 Å². The number of β-amino-alcohol motifs (C(OH)–C–C–N with tert-alkyl or cyclic N) is 1. The number of nitriles is 1. The van der Waals surface area contributed by atoms with Crippen LogP contribution in [0.3, 0.4) is 0 Å². The highest BCUT2D eigenvalue weighted by Crippen LogP contribution is 2.48. The third-order valence-electron chi connectivity index (χ3n) is 11.3. The van der Waals surface area contributed by atoms with Gasteiger partial charge in [-0.05, 0) is 43.4 Å². The molecular weight excluding hydrogens is 657 g/mol. The molecule has 5 aliphatic heterocycles. The van der Waals surface area contributed by atoms with E-state index in [9.17, 15) is 14.8 Å². The largest absolute Gasteiger partial charge is 0.461 e. The lowest BCUT2D eigenvalue weighted by Gasteiger charge is -2.42. The molecule has 4 fully saturated rings. The summed E-state index contributed by atoms with van der Waals surface area (Å²) in [5, 5.41) is 20.4. The topological polar surface area (TPSA) is 137 Å². The van der Waals surface area contributed by atoms with Gasteiger partial charge in [-0.15, -0.1) is 11.3 Å². The molecule has 0 spiro atoms. The molecule has 49 heavy (non-hydrogen) atoms. The van der Waals surface area contributed by atoms with Crippen molar-refractivity contribution in [3.05, 3.63) is 34.5 Å². The molecule has 4 aromatic rings. The van der Waals surface area contributed by atoms with Crippen LogP contribution in [0.2, 0.25) is 0 Å².